The highest BCUT2D eigenvalue weighted by atomic mass is 16.5. The molecule has 1 aromatic carbocycles. The summed E-state index contributed by atoms with van der Waals surface area (Å²) in [5, 5.41) is 6.71. The third kappa shape index (κ3) is 4.81. The van der Waals surface area contributed by atoms with E-state index in [9.17, 15) is 9.59 Å². The van der Waals surface area contributed by atoms with Crippen LogP contribution in [0.3, 0.4) is 0 Å². The van der Waals surface area contributed by atoms with E-state index in [2.05, 4.69) is 15.5 Å². The van der Waals surface area contributed by atoms with E-state index < -0.39 is 0 Å². The lowest BCUT2D eigenvalue weighted by atomic mass is 10.1. The molecule has 2 aromatic heterocycles. The van der Waals surface area contributed by atoms with Crippen LogP contribution in [-0.2, 0) is 22.6 Å². The van der Waals surface area contributed by atoms with Gasteiger partial charge < -0.3 is 19.2 Å². The van der Waals surface area contributed by atoms with Gasteiger partial charge >= 0.3 is 0 Å². The highest BCUT2D eigenvalue weighted by Gasteiger charge is 2.14. The van der Waals surface area contributed by atoms with Crippen LogP contribution in [0.2, 0.25) is 0 Å². The van der Waals surface area contributed by atoms with Crippen LogP contribution in [-0.4, -0.2) is 33.9 Å². The summed E-state index contributed by atoms with van der Waals surface area (Å²) in [7, 11) is 1.72. The maximum Gasteiger partial charge on any atom is 0.238 e. The van der Waals surface area contributed by atoms with E-state index in [1.165, 1.54) is 13.2 Å². The summed E-state index contributed by atoms with van der Waals surface area (Å²) in [5.41, 5.74) is 1.54. The topological polar surface area (TPSA) is 101 Å². The Morgan fingerprint density at radius 2 is 2.00 bits per heavy atom. The molecule has 0 atom stereocenters. The van der Waals surface area contributed by atoms with Crippen LogP contribution in [0.4, 0.5) is 5.69 Å². The van der Waals surface area contributed by atoms with Crippen LogP contribution >= 0.6 is 0 Å². The normalized spacial score (nSPS) is 10.6. The minimum atomic E-state index is -0.175. The zero-order valence-electron chi connectivity index (χ0n) is 15.1. The molecule has 0 bridgehead atoms. The Balaban J connectivity index is 1.58. The fourth-order valence-corrected chi connectivity index (χ4v) is 2.44. The number of carbonyl (C=O) groups is 2. The molecule has 2 amide bonds. The Morgan fingerprint density at radius 1 is 1.19 bits per heavy atom. The number of benzene rings is 1. The molecular formula is C19H20N4O4. The zero-order valence-corrected chi connectivity index (χ0v) is 15.1. The molecule has 3 aromatic rings. The van der Waals surface area contributed by atoms with Crippen LogP contribution in [0.25, 0.3) is 11.6 Å². The molecule has 0 aliphatic heterocycles. The van der Waals surface area contributed by atoms with Gasteiger partial charge in [0, 0.05) is 39.0 Å². The number of nitrogens with zero attached hydrogens (tertiary/aromatic N) is 3. The van der Waals surface area contributed by atoms with Crippen molar-refractivity contribution in [1.29, 1.82) is 0 Å². The van der Waals surface area contributed by atoms with Crippen LogP contribution in [0.5, 0.6) is 0 Å². The fourth-order valence-electron chi connectivity index (χ4n) is 2.44. The van der Waals surface area contributed by atoms with Crippen LogP contribution in [0.1, 0.15) is 24.8 Å². The molecular weight excluding hydrogens is 348 g/mol. The van der Waals surface area contributed by atoms with Crippen molar-refractivity contribution < 1.29 is 18.5 Å². The fraction of sp³-hybridized carbons (Fsp3) is 0.263. The van der Waals surface area contributed by atoms with Gasteiger partial charge in [-0.2, -0.15) is 4.98 Å². The standard InChI is InChI=1S/C19H20N4O4/c1-13(24)23(2)12-14-6-3-4-7-15(14)20-17(25)9-10-18-21-19(22-27-18)16-8-5-11-26-16/h3-8,11H,9-10,12H2,1-2H3,(H,20,25). The van der Waals surface area contributed by atoms with Gasteiger partial charge in [-0.15, -0.1) is 0 Å². The van der Waals surface area contributed by atoms with E-state index in [1.807, 2.05) is 24.3 Å². The monoisotopic (exact) mass is 368 g/mol. The molecule has 8 heteroatoms. The van der Waals surface area contributed by atoms with Gasteiger partial charge in [-0.25, -0.2) is 0 Å². The average molecular weight is 368 g/mol. The summed E-state index contributed by atoms with van der Waals surface area (Å²) in [6, 6.07) is 10.9. The summed E-state index contributed by atoms with van der Waals surface area (Å²) in [6.07, 6.45) is 2.03. The third-order valence-corrected chi connectivity index (χ3v) is 4.01. The Morgan fingerprint density at radius 3 is 2.74 bits per heavy atom. The average Bonchev–Trinajstić information content (AvgIpc) is 3.33. The van der Waals surface area contributed by atoms with Crippen molar-refractivity contribution in [1.82, 2.24) is 15.0 Å². The van der Waals surface area contributed by atoms with Crippen LogP contribution in [0.15, 0.2) is 51.6 Å². The lowest BCUT2D eigenvalue weighted by Gasteiger charge is -2.17. The summed E-state index contributed by atoms with van der Waals surface area (Å²) < 4.78 is 10.4. The van der Waals surface area contributed by atoms with Crippen LogP contribution in [0, 0.1) is 0 Å². The number of amides is 2. The van der Waals surface area contributed by atoms with Gasteiger partial charge in [0.2, 0.25) is 23.5 Å². The lowest BCUT2D eigenvalue weighted by molar-refractivity contribution is -0.128. The summed E-state index contributed by atoms with van der Waals surface area (Å²) in [4.78, 5) is 29.5. The van der Waals surface area contributed by atoms with E-state index in [1.54, 1.807) is 24.1 Å². The van der Waals surface area contributed by atoms with Crippen molar-refractivity contribution >= 4 is 17.5 Å². The number of para-hydroxylation sites is 1. The third-order valence-electron chi connectivity index (χ3n) is 4.01. The molecule has 0 fully saturated rings. The number of furan rings is 1. The molecule has 3 rings (SSSR count). The molecule has 0 aliphatic rings. The van der Waals surface area contributed by atoms with Gasteiger partial charge in [0.1, 0.15) is 0 Å². The number of hydrogen-bond donors (Lipinski definition) is 1. The number of carbonyl (C=O) groups excluding carboxylic acids is 2. The van der Waals surface area contributed by atoms with E-state index in [4.69, 9.17) is 8.94 Å². The predicted molar refractivity (Wildman–Crippen MR) is 97.5 cm³/mol. The number of rotatable bonds is 7. The van der Waals surface area contributed by atoms with Gasteiger partial charge in [0.05, 0.1) is 6.26 Å². The highest BCUT2D eigenvalue weighted by molar-refractivity contribution is 5.91. The van der Waals surface area contributed by atoms with E-state index >= 15 is 0 Å². The summed E-state index contributed by atoms with van der Waals surface area (Å²) >= 11 is 0. The Labute approximate surface area is 156 Å². The number of aromatic nitrogens is 2. The van der Waals surface area contributed by atoms with Crippen molar-refractivity contribution in [3.63, 3.8) is 0 Å². The number of aryl methyl sites for hydroxylation is 1. The van der Waals surface area contributed by atoms with Crippen LogP contribution < -0.4 is 5.32 Å². The second-order valence-corrected chi connectivity index (χ2v) is 6.07. The van der Waals surface area contributed by atoms with Crippen molar-refractivity contribution in [2.24, 2.45) is 0 Å². The second-order valence-electron chi connectivity index (χ2n) is 6.07. The van der Waals surface area contributed by atoms with Gasteiger partial charge in [-0.1, -0.05) is 23.4 Å². The molecule has 0 radical (unpaired) electrons. The SMILES string of the molecule is CC(=O)N(C)Cc1ccccc1NC(=O)CCc1nc(-c2ccco2)no1. The van der Waals surface area contributed by atoms with E-state index in [0.717, 1.165) is 5.56 Å². The Hall–Kier alpha value is -3.42. The van der Waals surface area contributed by atoms with E-state index in [0.29, 0.717) is 36.1 Å². The van der Waals surface area contributed by atoms with E-state index in [-0.39, 0.29) is 18.2 Å². The minimum Gasteiger partial charge on any atom is -0.461 e. The summed E-state index contributed by atoms with van der Waals surface area (Å²) in [5.74, 6) is 1.01. The molecule has 140 valence electrons. The van der Waals surface area contributed by atoms with Gasteiger partial charge in [0.25, 0.3) is 0 Å². The molecule has 8 nitrogen and oxygen atoms in total. The Bertz CT molecular complexity index is 917. The van der Waals surface area contributed by atoms with Gasteiger partial charge in [-0.3, -0.25) is 9.59 Å². The molecule has 0 saturated carbocycles. The van der Waals surface area contributed by atoms with Gasteiger partial charge in [0.15, 0.2) is 5.76 Å². The number of hydrogen-bond acceptors (Lipinski definition) is 6. The predicted octanol–water partition coefficient (Wildman–Crippen LogP) is 2.88. The summed E-state index contributed by atoms with van der Waals surface area (Å²) in [6.45, 7) is 1.92. The largest absolute Gasteiger partial charge is 0.461 e. The first-order chi connectivity index (χ1) is 13.0. The lowest BCUT2D eigenvalue weighted by Crippen LogP contribution is -2.24. The van der Waals surface area contributed by atoms with Crippen molar-refractivity contribution in [3.05, 3.63) is 54.1 Å². The maximum atomic E-state index is 12.3. The molecule has 0 aliphatic carbocycles. The second kappa shape index (κ2) is 8.31. The number of nitrogens with one attached hydrogen (secondary N) is 1. The molecule has 0 unspecified atom stereocenters. The van der Waals surface area contributed by atoms with Crippen molar-refractivity contribution in [3.8, 4) is 11.6 Å². The molecule has 27 heavy (non-hydrogen) atoms. The molecule has 0 saturated heterocycles. The van der Waals surface area contributed by atoms with Crippen molar-refractivity contribution in [2.75, 3.05) is 12.4 Å². The first-order valence-corrected chi connectivity index (χ1v) is 8.49. The smallest absolute Gasteiger partial charge is 0.238 e. The number of anilines is 1. The van der Waals surface area contributed by atoms with Crippen molar-refractivity contribution in [2.45, 2.75) is 26.3 Å². The molecule has 2 heterocycles. The quantitative estimate of drug-likeness (QED) is 0.688. The maximum absolute atomic E-state index is 12.3. The highest BCUT2D eigenvalue weighted by Crippen LogP contribution is 2.18. The minimum absolute atomic E-state index is 0.0418. The molecule has 1 N–H and O–H groups in total. The zero-order chi connectivity index (χ0) is 19.2. The molecule has 0 spiro atoms. The first-order valence-electron chi connectivity index (χ1n) is 8.49. The first kappa shape index (κ1) is 18.4. The Kier molecular flexibility index (Phi) is 5.65. The van der Waals surface area contributed by atoms with Gasteiger partial charge in [-0.05, 0) is 23.8 Å².